The Morgan fingerprint density at radius 1 is 1.10 bits per heavy atom. The van der Waals surface area contributed by atoms with Crippen LogP contribution in [0.5, 0.6) is 0 Å². The summed E-state index contributed by atoms with van der Waals surface area (Å²) in [7, 11) is 1.73. The van der Waals surface area contributed by atoms with Crippen molar-refractivity contribution in [2.75, 3.05) is 18.5 Å². The number of hydrogen-bond donors (Lipinski definition) is 1. The number of carbonyl (C=O) groups excluding carboxylic acids is 1. The molecule has 0 aromatic heterocycles. The first-order valence-corrected chi connectivity index (χ1v) is 6.53. The maximum absolute atomic E-state index is 13.4. The lowest BCUT2D eigenvalue weighted by molar-refractivity contribution is -0.119. The van der Waals surface area contributed by atoms with Crippen molar-refractivity contribution in [1.82, 2.24) is 5.32 Å². The van der Waals surface area contributed by atoms with E-state index in [4.69, 9.17) is 0 Å². The highest BCUT2D eigenvalue weighted by Gasteiger charge is 2.08. The number of amides is 1. The third-order valence-corrected chi connectivity index (χ3v) is 3.08. The van der Waals surface area contributed by atoms with Gasteiger partial charge in [-0.3, -0.25) is 4.79 Å². The Labute approximate surface area is 122 Å². The number of likely N-dealkylation sites (N-methyl/N-ethyl adjacent to an activating group) is 1. The first-order chi connectivity index (χ1) is 10.1. The second-order valence-electron chi connectivity index (χ2n) is 4.70. The van der Waals surface area contributed by atoms with Gasteiger partial charge < -0.3 is 10.2 Å². The summed E-state index contributed by atoms with van der Waals surface area (Å²) in [6.45, 7) is 0.253. The molecule has 0 bridgehead atoms. The van der Waals surface area contributed by atoms with Gasteiger partial charge in [0.1, 0.15) is 11.6 Å². The Bertz CT molecular complexity index is 614. The zero-order chi connectivity index (χ0) is 15.2. The van der Waals surface area contributed by atoms with Gasteiger partial charge in [0, 0.05) is 24.8 Å². The molecule has 0 atom stereocenters. The first kappa shape index (κ1) is 15.0. The van der Waals surface area contributed by atoms with Crippen LogP contribution in [0.25, 0.3) is 0 Å². The normalized spacial score (nSPS) is 10.2. The predicted molar refractivity (Wildman–Crippen MR) is 77.9 cm³/mol. The highest BCUT2D eigenvalue weighted by Crippen LogP contribution is 2.12. The number of hydrogen-bond acceptors (Lipinski definition) is 2. The molecule has 2 aromatic rings. The Balaban J connectivity index is 1.87. The second kappa shape index (κ2) is 6.83. The first-order valence-electron chi connectivity index (χ1n) is 6.53. The van der Waals surface area contributed by atoms with Gasteiger partial charge in [-0.25, -0.2) is 8.78 Å². The Morgan fingerprint density at radius 2 is 1.76 bits per heavy atom. The average Bonchev–Trinajstić information content (AvgIpc) is 2.47. The molecule has 1 N–H and O–H groups in total. The number of rotatable bonds is 5. The van der Waals surface area contributed by atoms with Gasteiger partial charge in [0.2, 0.25) is 5.91 Å². The van der Waals surface area contributed by atoms with Crippen LogP contribution in [0.3, 0.4) is 0 Å². The molecule has 0 aliphatic carbocycles. The fraction of sp³-hybridized carbons (Fsp3) is 0.188. The summed E-state index contributed by atoms with van der Waals surface area (Å²) in [6, 6.07) is 12.2. The monoisotopic (exact) mass is 290 g/mol. The van der Waals surface area contributed by atoms with E-state index in [9.17, 15) is 13.6 Å². The number of benzene rings is 2. The second-order valence-corrected chi connectivity index (χ2v) is 4.70. The van der Waals surface area contributed by atoms with Crippen LogP contribution in [0.1, 0.15) is 5.56 Å². The summed E-state index contributed by atoms with van der Waals surface area (Å²) in [4.78, 5) is 13.5. The van der Waals surface area contributed by atoms with Crippen molar-refractivity contribution in [3.63, 3.8) is 0 Å². The topological polar surface area (TPSA) is 32.3 Å². The molecular formula is C16H16F2N2O. The van der Waals surface area contributed by atoms with Gasteiger partial charge in [0.15, 0.2) is 0 Å². The molecule has 0 aliphatic rings. The number of anilines is 1. The van der Waals surface area contributed by atoms with E-state index < -0.39 is 0 Å². The highest BCUT2D eigenvalue weighted by molar-refractivity contribution is 5.81. The van der Waals surface area contributed by atoms with Crippen LogP contribution in [0.4, 0.5) is 14.5 Å². The Kier molecular flexibility index (Phi) is 4.87. The molecule has 0 saturated heterocycles. The summed E-state index contributed by atoms with van der Waals surface area (Å²) >= 11 is 0. The van der Waals surface area contributed by atoms with Gasteiger partial charge in [-0.05, 0) is 30.3 Å². The fourth-order valence-electron chi connectivity index (χ4n) is 1.89. The molecule has 21 heavy (non-hydrogen) atoms. The molecule has 0 heterocycles. The molecule has 1 amide bonds. The quantitative estimate of drug-likeness (QED) is 0.918. The molecule has 0 saturated carbocycles. The van der Waals surface area contributed by atoms with Crippen LogP contribution >= 0.6 is 0 Å². The van der Waals surface area contributed by atoms with Crippen molar-refractivity contribution in [3.05, 3.63) is 65.7 Å². The van der Waals surface area contributed by atoms with Gasteiger partial charge in [0.05, 0.1) is 6.54 Å². The molecule has 0 fully saturated rings. The Hall–Kier alpha value is -2.43. The zero-order valence-electron chi connectivity index (χ0n) is 11.6. The van der Waals surface area contributed by atoms with E-state index in [0.717, 1.165) is 5.69 Å². The van der Waals surface area contributed by atoms with Crippen LogP contribution in [-0.4, -0.2) is 19.5 Å². The van der Waals surface area contributed by atoms with Crippen LogP contribution < -0.4 is 10.2 Å². The van der Waals surface area contributed by atoms with E-state index in [-0.39, 0.29) is 30.6 Å². The van der Waals surface area contributed by atoms with Gasteiger partial charge in [-0.1, -0.05) is 18.2 Å². The van der Waals surface area contributed by atoms with E-state index in [1.165, 1.54) is 18.2 Å². The molecule has 5 heteroatoms. The minimum Gasteiger partial charge on any atom is -0.365 e. The Morgan fingerprint density at radius 3 is 2.43 bits per heavy atom. The largest absolute Gasteiger partial charge is 0.365 e. The summed E-state index contributed by atoms with van der Waals surface area (Å²) < 4.78 is 26.2. The maximum atomic E-state index is 13.4. The van der Waals surface area contributed by atoms with E-state index in [1.807, 2.05) is 0 Å². The maximum Gasteiger partial charge on any atom is 0.239 e. The number of halogens is 2. The van der Waals surface area contributed by atoms with Crippen molar-refractivity contribution >= 4 is 11.6 Å². The average molecular weight is 290 g/mol. The van der Waals surface area contributed by atoms with Crippen molar-refractivity contribution in [3.8, 4) is 0 Å². The third-order valence-electron chi connectivity index (χ3n) is 3.08. The summed E-state index contributed by atoms with van der Waals surface area (Å²) in [5, 5.41) is 2.66. The third kappa shape index (κ3) is 4.27. The minimum absolute atomic E-state index is 0.111. The molecule has 2 aromatic carbocycles. The van der Waals surface area contributed by atoms with E-state index in [2.05, 4.69) is 5.32 Å². The number of nitrogens with one attached hydrogen (secondary N) is 1. The molecule has 0 unspecified atom stereocenters. The van der Waals surface area contributed by atoms with E-state index >= 15 is 0 Å². The molecule has 2 rings (SSSR count). The predicted octanol–water partition coefficient (Wildman–Crippen LogP) is 2.72. The van der Waals surface area contributed by atoms with Crippen molar-refractivity contribution in [1.29, 1.82) is 0 Å². The molecule has 0 aliphatic heterocycles. The zero-order valence-corrected chi connectivity index (χ0v) is 11.6. The van der Waals surface area contributed by atoms with Gasteiger partial charge in [-0.2, -0.15) is 0 Å². The molecule has 3 nitrogen and oxygen atoms in total. The molecule has 110 valence electrons. The van der Waals surface area contributed by atoms with Crippen LogP contribution in [0.15, 0.2) is 48.5 Å². The van der Waals surface area contributed by atoms with Crippen molar-refractivity contribution in [2.24, 2.45) is 0 Å². The van der Waals surface area contributed by atoms with E-state index in [1.54, 1.807) is 42.3 Å². The van der Waals surface area contributed by atoms with Gasteiger partial charge in [-0.15, -0.1) is 0 Å². The highest BCUT2D eigenvalue weighted by atomic mass is 19.1. The van der Waals surface area contributed by atoms with Crippen LogP contribution in [0, 0.1) is 11.6 Å². The minimum atomic E-state index is -0.343. The van der Waals surface area contributed by atoms with Crippen molar-refractivity contribution < 1.29 is 13.6 Å². The number of nitrogens with zero attached hydrogens (tertiary/aromatic N) is 1. The van der Waals surface area contributed by atoms with Gasteiger partial charge >= 0.3 is 0 Å². The molecule has 0 spiro atoms. The lowest BCUT2D eigenvalue weighted by Crippen LogP contribution is -2.34. The van der Waals surface area contributed by atoms with Crippen LogP contribution in [-0.2, 0) is 11.3 Å². The standard InChI is InChI=1S/C16H16F2N2O/c1-20(14-8-6-13(17)7-9-14)11-16(21)19-10-12-4-2-3-5-15(12)18/h2-9H,10-11H2,1H3,(H,19,21). The molecule has 0 radical (unpaired) electrons. The smallest absolute Gasteiger partial charge is 0.239 e. The SMILES string of the molecule is CN(CC(=O)NCc1ccccc1F)c1ccc(F)cc1. The van der Waals surface area contributed by atoms with Crippen molar-refractivity contribution in [2.45, 2.75) is 6.54 Å². The number of carbonyl (C=O) groups is 1. The summed E-state index contributed by atoms with van der Waals surface area (Å²) in [5.41, 5.74) is 1.17. The lowest BCUT2D eigenvalue weighted by atomic mass is 10.2. The summed E-state index contributed by atoms with van der Waals surface area (Å²) in [6.07, 6.45) is 0. The van der Waals surface area contributed by atoms with E-state index in [0.29, 0.717) is 5.56 Å². The fourth-order valence-corrected chi connectivity index (χ4v) is 1.89. The lowest BCUT2D eigenvalue weighted by Gasteiger charge is -2.18. The molecular weight excluding hydrogens is 274 g/mol. The van der Waals surface area contributed by atoms with Gasteiger partial charge in [0.25, 0.3) is 0 Å². The summed E-state index contributed by atoms with van der Waals surface area (Å²) in [5.74, 6) is -0.897. The van der Waals surface area contributed by atoms with Crippen LogP contribution in [0.2, 0.25) is 0 Å².